The third-order valence-electron chi connectivity index (χ3n) is 2.59. The van der Waals surface area contributed by atoms with Crippen LogP contribution in [0.1, 0.15) is 27.9 Å². The van der Waals surface area contributed by atoms with Crippen molar-refractivity contribution in [3.8, 4) is 0 Å². The zero-order chi connectivity index (χ0) is 12.1. The summed E-state index contributed by atoms with van der Waals surface area (Å²) in [5.74, 6) is -0.00988. The van der Waals surface area contributed by atoms with Gasteiger partial charge < -0.3 is 5.32 Å². The van der Waals surface area contributed by atoms with Crippen molar-refractivity contribution in [2.24, 2.45) is 5.11 Å². The maximum Gasteiger partial charge on any atom is 0.251 e. The van der Waals surface area contributed by atoms with E-state index in [1.54, 1.807) is 0 Å². The van der Waals surface area contributed by atoms with Crippen LogP contribution in [0.25, 0.3) is 16.5 Å². The van der Waals surface area contributed by atoms with Gasteiger partial charge in [-0.05, 0) is 29.1 Å². The lowest BCUT2D eigenvalue weighted by atomic mass is 10.1. The van der Waals surface area contributed by atoms with Crippen molar-refractivity contribution in [2.45, 2.75) is 13.0 Å². The lowest BCUT2D eigenvalue weighted by Gasteiger charge is -1.97. The van der Waals surface area contributed by atoms with E-state index in [-0.39, 0.29) is 5.91 Å². The monoisotopic (exact) mass is 228 g/mol. The molecule has 5 nitrogen and oxygen atoms in total. The summed E-state index contributed by atoms with van der Waals surface area (Å²) < 4.78 is 0. The molecular weight excluding hydrogens is 216 g/mol. The molecule has 1 aliphatic heterocycles. The van der Waals surface area contributed by atoms with Gasteiger partial charge in [0.15, 0.2) is 0 Å². The molecule has 0 atom stereocenters. The molecule has 0 saturated carbocycles. The van der Waals surface area contributed by atoms with E-state index in [1.807, 2.05) is 30.4 Å². The normalized spacial score (nSPS) is 13.3. The summed E-state index contributed by atoms with van der Waals surface area (Å²) in [5.41, 5.74) is 10.9. The van der Waals surface area contributed by atoms with Crippen LogP contribution < -0.4 is 5.32 Å². The van der Waals surface area contributed by atoms with E-state index in [0.29, 0.717) is 19.5 Å². The quantitative estimate of drug-likeness (QED) is 0.365. The van der Waals surface area contributed by atoms with Gasteiger partial charge in [0, 0.05) is 23.6 Å². The first-order valence-electron chi connectivity index (χ1n) is 5.40. The fourth-order valence-electron chi connectivity index (χ4n) is 1.73. The van der Waals surface area contributed by atoms with E-state index in [0.717, 1.165) is 16.7 Å². The molecule has 17 heavy (non-hydrogen) atoms. The summed E-state index contributed by atoms with van der Waals surface area (Å²) in [6.07, 6.45) is 4.56. The highest BCUT2D eigenvalue weighted by Crippen LogP contribution is 2.18. The Morgan fingerprint density at radius 1 is 1.53 bits per heavy atom. The second-order valence-corrected chi connectivity index (χ2v) is 3.74. The molecule has 0 spiro atoms. The molecule has 0 fully saturated rings. The Morgan fingerprint density at radius 3 is 3.24 bits per heavy atom. The van der Waals surface area contributed by atoms with Crippen molar-refractivity contribution in [3.05, 3.63) is 51.4 Å². The van der Waals surface area contributed by atoms with Gasteiger partial charge in [-0.3, -0.25) is 4.79 Å². The number of nitrogens with zero attached hydrogens (tertiary/aromatic N) is 3. The van der Waals surface area contributed by atoms with Gasteiger partial charge in [0.1, 0.15) is 0 Å². The third kappa shape index (κ3) is 2.65. The Balaban J connectivity index is 2.05. The highest BCUT2D eigenvalue weighted by Gasteiger charge is 2.17. The molecule has 0 radical (unpaired) electrons. The number of azide groups is 1. The van der Waals surface area contributed by atoms with Gasteiger partial charge in [-0.25, -0.2) is 0 Å². The van der Waals surface area contributed by atoms with Gasteiger partial charge in [0.25, 0.3) is 5.91 Å². The lowest BCUT2D eigenvalue weighted by Crippen LogP contribution is -2.12. The van der Waals surface area contributed by atoms with Crippen LogP contribution in [0.2, 0.25) is 0 Å². The van der Waals surface area contributed by atoms with E-state index in [9.17, 15) is 4.79 Å². The number of benzene rings is 1. The molecule has 2 rings (SSSR count). The second-order valence-electron chi connectivity index (χ2n) is 3.74. The number of rotatable bonds is 4. The van der Waals surface area contributed by atoms with Crippen molar-refractivity contribution < 1.29 is 4.79 Å². The Bertz CT molecular complexity index is 515. The number of carbonyl (C=O) groups is 1. The highest BCUT2D eigenvalue weighted by atomic mass is 16.1. The van der Waals surface area contributed by atoms with Crippen molar-refractivity contribution in [2.75, 3.05) is 6.54 Å². The molecule has 5 heteroatoms. The Hall–Kier alpha value is -2.26. The molecule has 1 aromatic carbocycles. The van der Waals surface area contributed by atoms with Gasteiger partial charge in [-0.15, -0.1) is 0 Å². The van der Waals surface area contributed by atoms with E-state index in [2.05, 4.69) is 15.3 Å². The van der Waals surface area contributed by atoms with Crippen molar-refractivity contribution in [1.82, 2.24) is 5.32 Å². The summed E-state index contributed by atoms with van der Waals surface area (Å²) in [7, 11) is 0. The van der Waals surface area contributed by atoms with Crippen LogP contribution in [0.15, 0.2) is 29.4 Å². The van der Waals surface area contributed by atoms with Gasteiger partial charge in [0.05, 0.1) is 0 Å². The standard InChI is InChI=1S/C12H12N4O/c13-16-15-6-2-1-3-9-4-5-10-8-14-12(17)11(10)7-9/h1,3-5,7H,2,6,8H2,(H,14,17). The Kier molecular flexibility index (Phi) is 3.43. The molecule has 0 aliphatic carbocycles. The van der Waals surface area contributed by atoms with Crippen LogP contribution in [-0.2, 0) is 6.54 Å². The molecule has 0 saturated heterocycles. The number of hydrogen-bond acceptors (Lipinski definition) is 2. The van der Waals surface area contributed by atoms with Crippen LogP contribution in [-0.4, -0.2) is 12.5 Å². The minimum Gasteiger partial charge on any atom is -0.348 e. The topological polar surface area (TPSA) is 77.9 Å². The lowest BCUT2D eigenvalue weighted by molar-refractivity contribution is 0.0965. The van der Waals surface area contributed by atoms with E-state index < -0.39 is 0 Å². The first-order valence-corrected chi connectivity index (χ1v) is 5.40. The van der Waals surface area contributed by atoms with Gasteiger partial charge in [0.2, 0.25) is 0 Å². The van der Waals surface area contributed by atoms with Crippen LogP contribution in [0.5, 0.6) is 0 Å². The molecule has 0 unspecified atom stereocenters. The zero-order valence-electron chi connectivity index (χ0n) is 9.26. The fourth-order valence-corrected chi connectivity index (χ4v) is 1.73. The number of nitrogens with one attached hydrogen (secondary N) is 1. The smallest absolute Gasteiger partial charge is 0.251 e. The van der Waals surface area contributed by atoms with Crippen LogP contribution in [0.3, 0.4) is 0 Å². The number of hydrogen-bond donors (Lipinski definition) is 1. The summed E-state index contributed by atoms with van der Waals surface area (Å²) in [6, 6.07) is 5.81. The number of amides is 1. The van der Waals surface area contributed by atoms with Crippen molar-refractivity contribution >= 4 is 12.0 Å². The first-order chi connectivity index (χ1) is 8.31. The SMILES string of the molecule is [N-]=[N+]=NCCC=Cc1ccc2c(c1)C(=O)NC2. The van der Waals surface area contributed by atoms with Crippen LogP contribution in [0, 0.1) is 0 Å². The highest BCUT2D eigenvalue weighted by molar-refractivity contribution is 5.98. The second kappa shape index (κ2) is 5.18. The van der Waals surface area contributed by atoms with Crippen LogP contribution >= 0.6 is 0 Å². The van der Waals surface area contributed by atoms with Gasteiger partial charge >= 0.3 is 0 Å². The Labute approximate surface area is 98.8 Å². The van der Waals surface area contributed by atoms with Crippen molar-refractivity contribution in [1.29, 1.82) is 0 Å². The van der Waals surface area contributed by atoms with Crippen LogP contribution in [0.4, 0.5) is 0 Å². The van der Waals surface area contributed by atoms with E-state index in [4.69, 9.17) is 5.53 Å². The molecule has 1 N–H and O–H groups in total. The van der Waals surface area contributed by atoms with Crippen molar-refractivity contribution in [3.63, 3.8) is 0 Å². The molecule has 1 amide bonds. The molecule has 86 valence electrons. The van der Waals surface area contributed by atoms with E-state index in [1.165, 1.54) is 0 Å². The van der Waals surface area contributed by atoms with E-state index >= 15 is 0 Å². The molecule has 0 aromatic heterocycles. The maximum absolute atomic E-state index is 11.4. The third-order valence-corrected chi connectivity index (χ3v) is 2.59. The minimum absolute atomic E-state index is 0.00988. The predicted octanol–water partition coefficient (Wildman–Crippen LogP) is 2.64. The average molecular weight is 228 g/mol. The summed E-state index contributed by atoms with van der Waals surface area (Å²) in [4.78, 5) is 14.1. The molecule has 1 aliphatic rings. The minimum atomic E-state index is -0.00988. The first kappa shape index (κ1) is 11.2. The molecule has 1 heterocycles. The summed E-state index contributed by atoms with van der Waals surface area (Å²) in [6.45, 7) is 1.08. The predicted molar refractivity (Wildman–Crippen MR) is 65.3 cm³/mol. The maximum atomic E-state index is 11.4. The average Bonchev–Trinajstić information content (AvgIpc) is 2.71. The van der Waals surface area contributed by atoms with Gasteiger partial charge in [-0.2, -0.15) is 0 Å². The largest absolute Gasteiger partial charge is 0.348 e. The molecular formula is C12H12N4O. The molecule has 0 bridgehead atoms. The fraction of sp³-hybridized carbons (Fsp3) is 0.250. The molecule has 1 aromatic rings. The summed E-state index contributed by atoms with van der Waals surface area (Å²) >= 11 is 0. The Morgan fingerprint density at radius 2 is 2.41 bits per heavy atom. The number of fused-ring (bicyclic) bond motifs is 1. The summed E-state index contributed by atoms with van der Waals surface area (Å²) in [5, 5.41) is 6.22. The zero-order valence-corrected chi connectivity index (χ0v) is 9.26. The number of carbonyl (C=O) groups excluding carboxylic acids is 1. The van der Waals surface area contributed by atoms with Gasteiger partial charge in [-0.1, -0.05) is 29.4 Å².